The molecule has 15 heteroatoms. The number of methoxy groups -OCH3 is 2. The molecular formula is C50H78N8O6S. The van der Waals surface area contributed by atoms with E-state index in [0.29, 0.717) is 25.9 Å². The van der Waals surface area contributed by atoms with Gasteiger partial charge < -0.3 is 35.2 Å². The Balaban J connectivity index is 1.48. The van der Waals surface area contributed by atoms with Gasteiger partial charge in [0.25, 0.3) is 0 Å². The van der Waals surface area contributed by atoms with Crippen LogP contribution in [-0.4, -0.2) is 126 Å². The Hall–Kier alpha value is -4.44. The Bertz CT molecular complexity index is 1930. The number of nitrogens with one attached hydrogen (secondary N) is 3. The van der Waals surface area contributed by atoms with Crippen molar-refractivity contribution in [3.63, 3.8) is 0 Å². The van der Waals surface area contributed by atoms with E-state index in [1.54, 1.807) is 38.6 Å². The van der Waals surface area contributed by atoms with E-state index in [4.69, 9.17) is 9.47 Å². The van der Waals surface area contributed by atoms with Crippen LogP contribution < -0.4 is 16.0 Å². The largest absolute Gasteiger partial charge is 0.379 e. The zero-order valence-corrected chi connectivity index (χ0v) is 42.1. The van der Waals surface area contributed by atoms with Crippen LogP contribution in [0.4, 0.5) is 5.82 Å². The van der Waals surface area contributed by atoms with Crippen molar-refractivity contribution in [3.8, 4) is 0 Å². The predicted molar refractivity (Wildman–Crippen MR) is 259 cm³/mol. The fourth-order valence-corrected chi connectivity index (χ4v) is 10.1. The van der Waals surface area contributed by atoms with Gasteiger partial charge in [-0.2, -0.15) is 0 Å². The zero-order valence-electron chi connectivity index (χ0n) is 41.2. The Morgan fingerprint density at radius 3 is 2.17 bits per heavy atom. The molecule has 4 rings (SSSR count). The Morgan fingerprint density at radius 2 is 1.58 bits per heavy atom. The predicted octanol–water partition coefficient (Wildman–Crippen LogP) is 6.98. The molecule has 3 N–H and O–H groups in total. The van der Waals surface area contributed by atoms with Crippen LogP contribution in [0.1, 0.15) is 110 Å². The Morgan fingerprint density at radius 1 is 0.877 bits per heavy atom. The fourth-order valence-electron chi connectivity index (χ4n) is 9.38. The number of hydrogen-bond donors (Lipinski definition) is 3. The van der Waals surface area contributed by atoms with Crippen LogP contribution in [-0.2, 0) is 41.6 Å². The summed E-state index contributed by atoms with van der Waals surface area (Å²) in [6.45, 7) is 19.0. The molecule has 9 atom stereocenters. The second-order valence-electron chi connectivity index (χ2n) is 18.9. The molecule has 1 aliphatic heterocycles. The molecular weight excluding hydrogens is 841 g/mol. The highest BCUT2D eigenvalue weighted by Gasteiger charge is 2.43. The van der Waals surface area contributed by atoms with E-state index in [0.717, 1.165) is 34.8 Å². The molecule has 1 fully saturated rings. The van der Waals surface area contributed by atoms with Crippen LogP contribution in [0.3, 0.4) is 0 Å². The second-order valence-corrected chi connectivity index (χ2v) is 19.8. The number of carbonyl (C=O) groups excluding carboxylic acids is 4. The number of rotatable bonds is 25. The first-order chi connectivity index (χ1) is 30.9. The van der Waals surface area contributed by atoms with Gasteiger partial charge in [-0.15, -0.1) is 11.3 Å². The molecule has 0 aliphatic carbocycles. The summed E-state index contributed by atoms with van der Waals surface area (Å²) in [6.07, 6.45) is 5.13. The number of amides is 4. The van der Waals surface area contributed by atoms with E-state index in [1.165, 1.54) is 11.3 Å². The first-order valence-electron chi connectivity index (χ1n) is 23.5. The minimum atomic E-state index is -0.814. The van der Waals surface area contributed by atoms with Gasteiger partial charge >= 0.3 is 0 Å². The van der Waals surface area contributed by atoms with E-state index < -0.39 is 36.3 Å². The molecule has 1 saturated heterocycles. The third-order valence-electron chi connectivity index (χ3n) is 12.9. The minimum Gasteiger partial charge on any atom is -0.379 e. The van der Waals surface area contributed by atoms with Crippen molar-refractivity contribution in [2.24, 2.45) is 23.7 Å². The van der Waals surface area contributed by atoms with Gasteiger partial charge in [-0.05, 0) is 81.2 Å². The lowest BCUT2D eigenvalue weighted by molar-refractivity contribution is -0.148. The summed E-state index contributed by atoms with van der Waals surface area (Å²) in [5.74, 6) is -0.839. The topological polar surface area (TPSA) is 158 Å². The number of aromatic nitrogens is 2. The molecule has 2 aromatic heterocycles. The molecule has 0 unspecified atom stereocenters. The number of anilines is 1. The van der Waals surface area contributed by atoms with Crippen molar-refractivity contribution >= 4 is 40.8 Å². The Kier molecular flexibility index (Phi) is 20.8. The number of nitrogens with zero attached hydrogens (tertiary/aromatic N) is 5. The zero-order chi connectivity index (χ0) is 48.0. The minimum absolute atomic E-state index is 0.0299. The maximum absolute atomic E-state index is 14.7. The number of thiazole rings is 1. The van der Waals surface area contributed by atoms with Crippen LogP contribution in [0.2, 0.25) is 0 Å². The van der Waals surface area contributed by atoms with E-state index in [2.05, 4.69) is 53.6 Å². The molecule has 3 aromatic rings. The summed E-state index contributed by atoms with van der Waals surface area (Å²) >= 11 is 1.50. The molecule has 3 heterocycles. The maximum Gasteiger partial charge on any atom is 0.245 e. The molecule has 4 amide bonds. The van der Waals surface area contributed by atoms with Gasteiger partial charge in [0.2, 0.25) is 23.6 Å². The van der Waals surface area contributed by atoms with Crippen molar-refractivity contribution in [1.82, 2.24) is 35.3 Å². The standard InChI is InChI=1S/C50H78N8O6S/c1-14-34(8)45(57(11)50(62)43(31(2)3)55-48(61)44(32(4)5)56(10)30-37-22-23-51-41(28-37)53-33(6)7)40(63-12)29-42(59)58-25-18-21-39(58)46(64-13)35(9)47(60)54-38(49-52-24-26-65-49)27-36-19-16-15-17-20-36/h15-17,19-20,22-24,26,28,31-35,38-40,43-46H,14,18,21,25,27,29-30H2,1-13H3,(H,51,53)(H,54,60)(H,55,61)/t34-,35+,38-,39-,40+,43-,44-,45-,46+/m0/s1. The van der Waals surface area contributed by atoms with Crippen molar-refractivity contribution in [2.45, 2.75) is 149 Å². The summed E-state index contributed by atoms with van der Waals surface area (Å²) in [5, 5.41) is 12.5. The fraction of sp³-hybridized carbons (Fsp3) is 0.640. The number of pyridine rings is 1. The third kappa shape index (κ3) is 14.5. The van der Waals surface area contributed by atoms with Gasteiger partial charge in [-0.3, -0.25) is 24.1 Å². The number of ether oxygens (including phenoxy) is 2. The first kappa shape index (κ1) is 53.2. The summed E-state index contributed by atoms with van der Waals surface area (Å²) in [7, 11) is 6.87. The van der Waals surface area contributed by atoms with Crippen molar-refractivity contribution in [1.29, 1.82) is 0 Å². The second kappa shape index (κ2) is 25.5. The van der Waals surface area contributed by atoms with Gasteiger partial charge in [0, 0.05) is 58.2 Å². The van der Waals surface area contributed by atoms with Crippen LogP contribution in [0.15, 0.2) is 60.2 Å². The number of likely N-dealkylation sites (tertiary alicyclic amines) is 1. The number of carbonyl (C=O) groups is 4. The molecule has 1 aliphatic rings. The lowest BCUT2D eigenvalue weighted by atomic mass is 9.89. The SMILES string of the molecule is CC[C@H](C)[C@@H]([C@@H](CC(=O)N1CCC[C@H]1[C@H](OC)[C@@H](C)C(=O)N[C@@H](Cc1ccccc1)c1nccs1)OC)N(C)C(=O)[C@@H](NC(=O)[C@H](C(C)C)N(C)Cc1ccnc(NC(C)C)c1)C(C)C. The van der Waals surface area contributed by atoms with Crippen LogP contribution in [0, 0.1) is 23.7 Å². The smallest absolute Gasteiger partial charge is 0.245 e. The summed E-state index contributed by atoms with van der Waals surface area (Å²) < 4.78 is 12.2. The van der Waals surface area contributed by atoms with Gasteiger partial charge in [0.05, 0.1) is 48.7 Å². The molecule has 360 valence electrons. The number of benzene rings is 1. The van der Waals surface area contributed by atoms with Crippen molar-refractivity contribution < 1.29 is 28.7 Å². The van der Waals surface area contributed by atoms with Crippen LogP contribution >= 0.6 is 11.3 Å². The normalized spacial score (nSPS) is 17.9. The van der Waals surface area contributed by atoms with Crippen molar-refractivity contribution in [3.05, 3.63) is 76.4 Å². The first-order valence-corrected chi connectivity index (χ1v) is 24.4. The van der Waals surface area contributed by atoms with Gasteiger partial charge in [-0.25, -0.2) is 9.97 Å². The van der Waals surface area contributed by atoms with Gasteiger partial charge in [0.1, 0.15) is 16.9 Å². The van der Waals surface area contributed by atoms with E-state index in [1.807, 2.05) is 99.3 Å². The molecule has 65 heavy (non-hydrogen) atoms. The molecule has 0 radical (unpaired) electrons. The molecule has 0 spiro atoms. The Labute approximate surface area is 393 Å². The lowest BCUT2D eigenvalue weighted by Crippen LogP contribution is -2.60. The summed E-state index contributed by atoms with van der Waals surface area (Å²) in [4.78, 5) is 71.9. The number of likely N-dealkylation sites (N-methyl/N-ethyl adjacent to an activating group) is 2. The lowest BCUT2D eigenvalue weighted by Gasteiger charge is -2.41. The van der Waals surface area contributed by atoms with Gasteiger partial charge in [-0.1, -0.05) is 85.2 Å². The average Bonchev–Trinajstić information content (AvgIpc) is 3.99. The van der Waals surface area contributed by atoms with Crippen LogP contribution in [0.5, 0.6) is 0 Å². The quantitative estimate of drug-likeness (QED) is 0.0811. The molecule has 14 nitrogen and oxygen atoms in total. The van der Waals surface area contributed by atoms with E-state index in [9.17, 15) is 19.2 Å². The number of hydrogen-bond acceptors (Lipinski definition) is 11. The molecule has 0 saturated carbocycles. The molecule has 0 bridgehead atoms. The highest BCUT2D eigenvalue weighted by Crippen LogP contribution is 2.31. The third-order valence-corrected chi connectivity index (χ3v) is 13.8. The highest BCUT2D eigenvalue weighted by atomic mass is 32.1. The van der Waals surface area contributed by atoms with Gasteiger partial charge in [0.15, 0.2) is 0 Å². The average molecular weight is 919 g/mol. The molecule has 1 aromatic carbocycles. The monoisotopic (exact) mass is 919 g/mol. The summed E-state index contributed by atoms with van der Waals surface area (Å²) in [5.41, 5.74) is 2.11. The van der Waals surface area contributed by atoms with E-state index >= 15 is 0 Å². The maximum atomic E-state index is 14.7. The summed E-state index contributed by atoms with van der Waals surface area (Å²) in [6, 6.07) is 11.8. The van der Waals surface area contributed by atoms with E-state index in [-0.39, 0.29) is 65.9 Å². The van der Waals surface area contributed by atoms with Crippen LogP contribution in [0.25, 0.3) is 0 Å². The van der Waals surface area contributed by atoms with Crippen molar-refractivity contribution in [2.75, 3.05) is 40.2 Å². The highest BCUT2D eigenvalue weighted by molar-refractivity contribution is 7.09.